The van der Waals surface area contributed by atoms with E-state index in [4.69, 9.17) is 0 Å². The minimum Gasteiger partial charge on any atom is -0.476 e. The maximum Gasteiger partial charge on any atom is 0.356 e. The minimum atomic E-state index is -1.03. The van der Waals surface area contributed by atoms with E-state index < -0.39 is 5.97 Å². The van der Waals surface area contributed by atoms with Crippen molar-refractivity contribution < 1.29 is 14.7 Å². The van der Waals surface area contributed by atoms with Crippen LogP contribution in [0.25, 0.3) is 0 Å². The van der Waals surface area contributed by atoms with E-state index in [-0.39, 0.29) is 11.7 Å². The van der Waals surface area contributed by atoms with Crippen LogP contribution in [0, 0.1) is 6.92 Å². The molecule has 2 N–H and O–H groups in total. The molecule has 1 aromatic carbocycles. The predicted molar refractivity (Wildman–Crippen MR) is 84.5 cm³/mol. The highest BCUT2D eigenvalue weighted by Gasteiger charge is 2.28. The lowest BCUT2D eigenvalue weighted by molar-refractivity contribution is 0.0688. The second kappa shape index (κ2) is 5.75. The monoisotopic (exact) mass is 314 g/mol. The molecule has 1 aromatic heterocycles. The van der Waals surface area contributed by atoms with Gasteiger partial charge in [0, 0.05) is 24.8 Å². The summed E-state index contributed by atoms with van der Waals surface area (Å²) in [5.41, 5.74) is 3.44. The van der Waals surface area contributed by atoms with E-state index in [1.165, 1.54) is 0 Å². The molecular formula is C16H18N4O3. The van der Waals surface area contributed by atoms with Gasteiger partial charge in [0.2, 0.25) is 0 Å². The molecule has 0 radical (unpaired) electrons. The molecule has 7 heteroatoms. The van der Waals surface area contributed by atoms with E-state index in [1.807, 2.05) is 31.2 Å². The number of nitrogens with zero attached hydrogens (tertiary/aromatic N) is 3. The number of aryl methyl sites for hydroxylation is 2. The maximum absolute atomic E-state index is 12.4. The van der Waals surface area contributed by atoms with E-state index in [0.717, 1.165) is 22.5 Å². The van der Waals surface area contributed by atoms with Crippen molar-refractivity contribution in [1.29, 1.82) is 0 Å². The Kier molecular flexibility index (Phi) is 3.77. The molecular weight excluding hydrogens is 296 g/mol. The highest BCUT2D eigenvalue weighted by molar-refractivity contribution is 5.90. The molecule has 0 aliphatic carbocycles. The lowest BCUT2D eigenvalue weighted by Crippen LogP contribution is -2.39. The number of urea groups is 1. The number of fused-ring (bicyclic) bond motifs is 1. The highest BCUT2D eigenvalue weighted by atomic mass is 16.4. The van der Waals surface area contributed by atoms with E-state index in [1.54, 1.807) is 16.6 Å². The number of anilines is 1. The van der Waals surface area contributed by atoms with Crippen LogP contribution < -0.4 is 5.32 Å². The van der Waals surface area contributed by atoms with Crippen LogP contribution in [0.4, 0.5) is 10.5 Å². The summed E-state index contributed by atoms with van der Waals surface area (Å²) in [5, 5.41) is 16.1. The Morgan fingerprint density at radius 3 is 2.61 bits per heavy atom. The Morgan fingerprint density at radius 1 is 1.26 bits per heavy atom. The van der Waals surface area contributed by atoms with Crippen LogP contribution in [0.2, 0.25) is 0 Å². The van der Waals surface area contributed by atoms with Crippen molar-refractivity contribution in [3.05, 3.63) is 46.8 Å². The molecule has 2 heterocycles. The molecule has 2 amide bonds. The van der Waals surface area contributed by atoms with Gasteiger partial charge in [-0.2, -0.15) is 5.10 Å². The number of carboxylic acid groups (broad SMARTS) is 1. The van der Waals surface area contributed by atoms with E-state index in [9.17, 15) is 14.7 Å². The van der Waals surface area contributed by atoms with Gasteiger partial charge in [-0.05, 0) is 25.5 Å². The summed E-state index contributed by atoms with van der Waals surface area (Å²) in [6, 6.07) is 7.39. The smallest absolute Gasteiger partial charge is 0.356 e. The van der Waals surface area contributed by atoms with Crippen molar-refractivity contribution in [1.82, 2.24) is 14.7 Å². The Bertz CT molecular complexity index is 764. The van der Waals surface area contributed by atoms with E-state index >= 15 is 0 Å². The molecule has 0 saturated carbocycles. The summed E-state index contributed by atoms with van der Waals surface area (Å²) < 4.78 is 1.55. The molecule has 7 nitrogen and oxygen atoms in total. The molecule has 0 bridgehead atoms. The van der Waals surface area contributed by atoms with Crippen LogP contribution in [0.3, 0.4) is 0 Å². The zero-order chi connectivity index (χ0) is 16.6. The fourth-order valence-electron chi connectivity index (χ4n) is 2.75. The van der Waals surface area contributed by atoms with E-state index in [0.29, 0.717) is 19.5 Å². The Balaban J connectivity index is 1.75. The summed E-state index contributed by atoms with van der Waals surface area (Å²) in [6.45, 7) is 2.81. The lowest BCUT2D eigenvalue weighted by Gasteiger charge is -2.27. The average Bonchev–Trinajstić information content (AvgIpc) is 2.86. The van der Waals surface area contributed by atoms with Crippen LogP contribution in [-0.4, -0.2) is 38.3 Å². The number of rotatable bonds is 2. The molecule has 0 spiro atoms. The summed E-state index contributed by atoms with van der Waals surface area (Å²) in [7, 11) is 1.70. The number of carbonyl (C=O) groups is 2. The lowest BCUT2D eigenvalue weighted by atomic mass is 10.0. The largest absolute Gasteiger partial charge is 0.476 e. The topological polar surface area (TPSA) is 87.5 Å². The minimum absolute atomic E-state index is 0.0843. The van der Waals surface area contributed by atoms with E-state index in [2.05, 4.69) is 10.4 Å². The van der Waals surface area contributed by atoms with Gasteiger partial charge in [-0.1, -0.05) is 17.7 Å². The zero-order valence-electron chi connectivity index (χ0n) is 13.0. The molecule has 0 atom stereocenters. The number of aromatic nitrogens is 2. The maximum atomic E-state index is 12.4. The first-order valence-corrected chi connectivity index (χ1v) is 7.36. The van der Waals surface area contributed by atoms with Crippen molar-refractivity contribution in [3.63, 3.8) is 0 Å². The van der Waals surface area contributed by atoms with Crippen LogP contribution in [0.1, 0.15) is 27.3 Å². The van der Waals surface area contributed by atoms with Crippen molar-refractivity contribution in [3.8, 4) is 0 Å². The van der Waals surface area contributed by atoms with Crippen LogP contribution in [0.15, 0.2) is 24.3 Å². The first-order chi connectivity index (χ1) is 11.0. The second-order valence-corrected chi connectivity index (χ2v) is 5.67. The summed E-state index contributed by atoms with van der Waals surface area (Å²) in [5.74, 6) is -1.03. The zero-order valence-corrected chi connectivity index (χ0v) is 13.0. The number of aromatic carboxylic acids is 1. The van der Waals surface area contributed by atoms with Gasteiger partial charge >= 0.3 is 12.0 Å². The van der Waals surface area contributed by atoms with Gasteiger partial charge in [0.25, 0.3) is 0 Å². The summed E-state index contributed by atoms with van der Waals surface area (Å²) >= 11 is 0. The van der Waals surface area contributed by atoms with Crippen molar-refractivity contribution >= 4 is 17.7 Å². The number of hydrogen-bond donors (Lipinski definition) is 2. The molecule has 1 aliphatic heterocycles. The van der Waals surface area contributed by atoms with Crippen molar-refractivity contribution in [2.24, 2.45) is 7.05 Å². The number of carboxylic acids is 1. The Hall–Kier alpha value is -2.83. The van der Waals surface area contributed by atoms with Crippen molar-refractivity contribution in [2.45, 2.75) is 19.9 Å². The average molecular weight is 314 g/mol. The van der Waals surface area contributed by atoms with Gasteiger partial charge in [-0.15, -0.1) is 0 Å². The number of amides is 2. The van der Waals surface area contributed by atoms with Crippen LogP contribution in [0.5, 0.6) is 0 Å². The van der Waals surface area contributed by atoms with Gasteiger partial charge < -0.3 is 15.3 Å². The summed E-state index contributed by atoms with van der Waals surface area (Å²) in [4.78, 5) is 25.2. The third kappa shape index (κ3) is 2.90. The van der Waals surface area contributed by atoms with Gasteiger partial charge in [0.1, 0.15) is 0 Å². The molecule has 120 valence electrons. The molecule has 0 unspecified atom stereocenters. The third-order valence-corrected chi connectivity index (χ3v) is 4.04. The fraction of sp³-hybridized carbons (Fsp3) is 0.312. The van der Waals surface area contributed by atoms with Crippen LogP contribution >= 0.6 is 0 Å². The van der Waals surface area contributed by atoms with Gasteiger partial charge in [0.05, 0.1) is 12.2 Å². The predicted octanol–water partition coefficient (Wildman–Crippen LogP) is 2.02. The number of hydrogen-bond acceptors (Lipinski definition) is 3. The van der Waals surface area contributed by atoms with Gasteiger partial charge in [-0.25, -0.2) is 9.59 Å². The molecule has 0 saturated heterocycles. The first-order valence-electron chi connectivity index (χ1n) is 7.36. The van der Waals surface area contributed by atoms with Gasteiger partial charge in [-0.3, -0.25) is 4.68 Å². The third-order valence-electron chi connectivity index (χ3n) is 4.04. The highest BCUT2D eigenvalue weighted by Crippen LogP contribution is 2.22. The number of nitrogens with one attached hydrogen (secondary N) is 1. The summed E-state index contributed by atoms with van der Waals surface area (Å²) in [6.07, 6.45) is 0.492. The molecule has 2 aromatic rings. The Morgan fingerprint density at radius 2 is 1.96 bits per heavy atom. The second-order valence-electron chi connectivity index (χ2n) is 5.67. The first kappa shape index (κ1) is 15.1. The van der Waals surface area contributed by atoms with Crippen LogP contribution in [-0.2, 0) is 20.0 Å². The molecule has 23 heavy (non-hydrogen) atoms. The Labute approximate surface area is 133 Å². The van der Waals surface area contributed by atoms with Crippen molar-refractivity contribution in [2.75, 3.05) is 11.9 Å². The van der Waals surface area contributed by atoms with Gasteiger partial charge in [0.15, 0.2) is 5.69 Å². The SMILES string of the molecule is Cc1ccc(NC(=O)N2CCc3c(C(=O)O)nn(C)c3C2)cc1. The molecule has 1 aliphatic rings. The fourth-order valence-corrected chi connectivity index (χ4v) is 2.75. The normalized spacial score (nSPS) is 13.6. The number of carbonyl (C=O) groups excluding carboxylic acids is 1. The standard InChI is InChI=1S/C16H18N4O3/c1-10-3-5-11(6-4-10)17-16(23)20-8-7-12-13(9-20)19(2)18-14(12)15(21)22/h3-6H,7-9H2,1-2H3,(H,17,23)(H,21,22). The number of benzene rings is 1. The molecule has 0 fully saturated rings. The quantitative estimate of drug-likeness (QED) is 0.887. The molecule has 3 rings (SSSR count).